The maximum absolute atomic E-state index is 5.85. The molecule has 1 aromatic rings. The normalized spacial score (nSPS) is 26.5. The van der Waals surface area contributed by atoms with Gasteiger partial charge in [-0.3, -0.25) is 0 Å². The molecule has 0 saturated heterocycles. The second kappa shape index (κ2) is 6.18. The predicted octanol–water partition coefficient (Wildman–Crippen LogP) is 3.20. The van der Waals surface area contributed by atoms with Crippen molar-refractivity contribution >= 4 is 0 Å². The van der Waals surface area contributed by atoms with E-state index in [0.29, 0.717) is 12.0 Å². The average Bonchev–Trinajstić information content (AvgIpc) is 2.44. The Morgan fingerprint density at radius 1 is 1.16 bits per heavy atom. The molecule has 2 unspecified atom stereocenters. The van der Waals surface area contributed by atoms with Crippen molar-refractivity contribution in [3.05, 3.63) is 59.7 Å². The Bertz CT molecular complexity index is 478. The van der Waals surface area contributed by atoms with Gasteiger partial charge in [-0.15, -0.1) is 0 Å². The summed E-state index contributed by atoms with van der Waals surface area (Å²) in [5, 5.41) is 3.64. The zero-order valence-electron chi connectivity index (χ0n) is 11.2. The lowest BCUT2D eigenvalue weighted by atomic mass is 9.93. The Hall–Kier alpha value is -1.38. The van der Waals surface area contributed by atoms with E-state index in [4.69, 9.17) is 4.74 Å². The molecule has 1 aliphatic carbocycles. The van der Waals surface area contributed by atoms with Gasteiger partial charge in [0.2, 0.25) is 0 Å². The molecule has 2 nitrogen and oxygen atoms in total. The van der Waals surface area contributed by atoms with E-state index in [1.807, 2.05) is 0 Å². The number of hydrogen-bond acceptors (Lipinski definition) is 2. The van der Waals surface area contributed by atoms with E-state index in [9.17, 15) is 0 Å². The smallest absolute Gasteiger partial charge is 0.0720 e. The Labute approximate surface area is 115 Å². The molecule has 1 N–H and O–H groups in total. The van der Waals surface area contributed by atoms with E-state index in [1.54, 1.807) is 0 Å². The van der Waals surface area contributed by atoms with Crippen molar-refractivity contribution in [3.63, 3.8) is 0 Å². The van der Waals surface area contributed by atoms with Crippen molar-refractivity contribution in [1.29, 1.82) is 0 Å². The summed E-state index contributed by atoms with van der Waals surface area (Å²) in [4.78, 5) is 0. The molecule has 3 rings (SSSR count). The molecule has 2 heteroatoms. The lowest BCUT2D eigenvalue weighted by molar-refractivity contribution is 0.0872. The first-order chi connectivity index (χ1) is 9.42. The van der Waals surface area contributed by atoms with Crippen molar-refractivity contribution in [2.75, 3.05) is 6.61 Å². The summed E-state index contributed by atoms with van der Waals surface area (Å²) in [5.41, 5.74) is 2.68. The summed E-state index contributed by atoms with van der Waals surface area (Å²) < 4.78 is 5.85. The fraction of sp³-hybridized carbons (Fsp3) is 0.412. The SMILES string of the molecule is C1=CCC(CC2COCc3ccccc3CN2)C=C1. The van der Waals surface area contributed by atoms with E-state index in [2.05, 4.69) is 53.9 Å². The van der Waals surface area contributed by atoms with Crippen LogP contribution in [0.2, 0.25) is 0 Å². The number of fused-ring (bicyclic) bond motifs is 1. The molecule has 0 amide bonds. The number of hydrogen-bond donors (Lipinski definition) is 1. The van der Waals surface area contributed by atoms with E-state index in [0.717, 1.165) is 32.6 Å². The summed E-state index contributed by atoms with van der Waals surface area (Å²) in [5.74, 6) is 0.653. The van der Waals surface area contributed by atoms with E-state index in [-0.39, 0.29) is 0 Å². The molecule has 0 saturated carbocycles. The quantitative estimate of drug-likeness (QED) is 0.876. The first-order valence-corrected chi connectivity index (χ1v) is 7.13. The van der Waals surface area contributed by atoms with Crippen LogP contribution in [-0.2, 0) is 17.9 Å². The van der Waals surface area contributed by atoms with Gasteiger partial charge in [0.05, 0.1) is 13.2 Å². The molecule has 1 aromatic carbocycles. The molecule has 0 bridgehead atoms. The molecule has 2 aliphatic rings. The minimum Gasteiger partial charge on any atom is -0.375 e. The highest BCUT2D eigenvalue weighted by Gasteiger charge is 2.17. The van der Waals surface area contributed by atoms with E-state index < -0.39 is 0 Å². The van der Waals surface area contributed by atoms with Crippen LogP contribution in [0.15, 0.2) is 48.6 Å². The summed E-state index contributed by atoms with van der Waals surface area (Å²) in [6.07, 6.45) is 11.2. The first kappa shape index (κ1) is 12.6. The van der Waals surface area contributed by atoms with Gasteiger partial charge in [-0.05, 0) is 29.9 Å². The van der Waals surface area contributed by atoms with Gasteiger partial charge in [0.15, 0.2) is 0 Å². The van der Waals surface area contributed by atoms with Gasteiger partial charge < -0.3 is 10.1 Å². The van der Waals surface area contributed by atoms with Crippen molar-refractivity contribution < 1.29 is 4.74 Å². The molecular weight excluding hydrogens is 234 g/mol. The van der Waals surface area contributed by atoms with Crippen LogP contribution in [0.25, 0.3) is 0 Å². The predicted molar refractivity (Wildman–Crippen MR) is 77.7 cm³/mol. The van der Waals surface area contributed by atoms with Gasteiger partial charge in [-0.1, -0.05) is 48.6 Å². The van der Waals surface area contributed by atoms with Crippen molar-refractivity contribution in [3.8, 4) is 0 Å². The standard InChI is InChI=1S/C17H21NO/c1-2-6-14(7-3-1)10-17-13-19-12-16-9-5-4-8-15(16)11-18-17/h1-6,8-9,14,17-18H,7,10-13H2. The largest absolute Gasteiger partial charge is 0.375 e. The Kier molecular flexibility index (Phi) is 4.11. The van der Waals surface area contributed by atoms with Gasteiger partial charge in [0.1, 0.15) is 0 Å². The molecule has 1 aliphatic heterocycles. The second-order valence-corrected chi connectivity index (χ2v) is 5.41. The zero-order chi connectivity index (χ0) is 12.9. The highest BCUT2D eigenvalue weighted by Crippen LogP contribution is 2.20. The maximum Gasteiger partial charge on any atom is 0.0720 e. The zero-order valence-corrected chi connectivity index (χ0v) is 11.2. The van der Waals surface area contributed by atoms with Crippen LogP contribution in [0.3, 0.4) is 0 Å². The highest BCUT2D eigenvalue weighted by molar-refractivity contribution is 5.26. The van der Waals surface area contributed by atoms with Crippen LogP contribution in [-0.4, -0.2) is 12.6 Å². The second-order valence-electron chi connectivity index (χ2n) is 5.41. The molecule has 19 heavy (non-hydrogen) atoms. The van der Waals surface area contributed by atoms with Gasteiger partial charge in [0.25, 0.3) is 0 Å². The molecule has 0 fully saturated rings. The number of ether oxygens (including phenoxy) is 1. The molecule has 0 aromatic heterocycles. The third kappa shape index (κ3) is 3.34. The fourth-order valence-electron chi connectivity index (χ4n) is 2.82. The molecular formula is C17H21NO. The van der Waals surface area contributed by atoms with Crippen LogP contribution < -0.4 is 5.32 Å². The van der Waals surface area contributed by atoms with Gasteiger partial charge >= 0.3 is 0 Å². The molecule has 0 radical (unpaired) electrons. The third-order valence-corrected chi connectivity index (χ3v) is 3.93. The van der Waals surface area contributed by atoms with Gasteiger partial charge in [0, 0.05) is 12.6 Å². The monoisotopic (exact) mass is 255 g/mol. The van der Waals surface area contributed by atoms with Gasteiger partial charge in [-0.2, -0.15) is 0 Å². The maximum atomic E-state index is 5.85. The highest BCUT2D eigenvalue weighted by atomic mass is 16.5. The minimum atomic E-state index is 0.453. The number of allylic oxidation sites excluding steroid dienone is 4. The summed E-state index contributed by atoms with van der Waals surface area (Å²) >= 11 is 0. The van der Waals surface area contributed by atoms with Crippen LogP contribution >= 0.6 is 0 Å². The van der Waals surface area contributed by atoms with Crippen LogP contribution in [0.1, 0.15) is 24.0 Å². The Morgan fingerprint density at radius 2 is 2.05 bits per heavy atom. The summed E-state index contributed by atoms with van der Waals surface area (Å²) in [6.45, 7) is 2.51. The summed E-state index contributed by atoms with van der Waals surface area (Å²) in [6, 6.07) is 8.99. The lowest BCUT2D eigenvalue weighted by Crippen LogP contribution is -2.36. The fourth-order valence-corrected chi connectivity index (χ4v) is 2.82. The minimum absolute atomic E-state index is 0.453. The Morgan fingerprint density at radius 3 is 2.89 bits per heavy atom. The molecule has 2 atom stereocenters. The number of benzene rings is 1. The van der Waals surface area contributed by atoms with Gasteiger partial charge in [-0.25, -0.2) is 0 Å². The van der Waals surface area contributed by atoms with E-state index >= 15 is 0 Å². The lowest BCUT2D eigenvalue weighted by Gasteiger charge is -2.26. The van der Waals surface area contributed by atoms with Crippen LogP contribution in [0.4, 0.5) is 0 Å². The van der Waals surface area contributed by atoms with E-state index in [1.165, 1.54) is 11.1 Å². The molecule has 1 heterocycles. The topological polar surface area (TPSA) is 21.3 Å². The molecule has 100 valence electrons. The Balaban J connectivity index is 1.61. The third-order valence-electron chi connectivity index (χ3n) is 3.93. The first-order valence-electron chi connectivity index (χ1n) is 7.13. The molecule has 0 spiro atoms. The summed E-state index contributed by atoms with van der Waals surface area (Å²) in [7, 11) is 0. The number of nitrogens with one attached hydrogen (secondary N) is 1. The van der Waals surface area contributed by atoms with Crippen LogP contribution in [0.5, 0.6) is 0 Å². The average molecular weight is 255 g/mol. The van der Waals surface area contributed by atoms with Crippen molar-refractivity contribution in [2.45, 2.75) is 32.0 Å². The van der Waals surface area contributed by atoms with Crippen molar-refractivity contribution in [1.82, 2.24) is 5.32 Å². The number of rotatable bonds is 2. The van der Waals surface area contributed by atoms with Crippen LogP contribution in [0, 0.1) is 5.92 Å². The van der Waals surface area contributed by atoms with Crippen molar-refractivity contribution in [2.24, 2.45) is 5.92 Å².